The molecular weight excluding hydrogens is 473 g/mol. The van der Waals surface area contributed by atoms with Gasteiger partial charge in [0.15, 0.2) is 5.60 Å². The molecule has 0 unspecified atom stereocenters. The molecule has 2 amide bonds. The lowest BCUT2D eigenvalue weighted by atomic mass is 9.67. The van der Waals surface area contributed by atoms with Crippen LogP contribution in [-0.2, 0) is 11.0 Å². The number of carboxylic acid groups (broad SMARTS) is 1. The van der Waals surface area contributed by atoms with Crippen molar-refractivity contribution in [3.63, 3.8) is 0 Å². The molecule has 2 aliphatic carbocycles. The average Bonchev–Trinajstić information content (AvgIpc) is 3.69. The second-order valence-corrected chi connectivity index (χ2v) is 10.1. The van der Waals surface area contributed by atoms with E-state index in [2.05, 4.69) is 5.32 Å². The third-order valence-corrected chi connectivity index (χ3v) is 7.69. The Morgan fingerprint density at radius 1 is 0.972 bits per heavy atom. The van der Waals surface area contributed by atoms with E-state index >= 15 is 0 Å². The molecule has 4 rings (SSSR count). The van der Waals surface area contributed by atoms with Crippen LogP contribution in [0.3, 0.4) is 0 Å². The monoisotopic (exact) mass is 504 g/mol. The Labute approximate surface area is 208 Å². The van der Waals surface area contributed by atoms with Gasteiger partial charge in [-0.2, -0.15) is 13.2 Å². The predicted octanol–water partition coefficient (Wildman–Crippen LogP) is 5.21. The average molecular weight is 505 g/mol. The number of amides is 2. The van der Waals surface area contributed by atoms with Crippen LogP contribution in [0.15, 0.2) is 54.6 Å². The lowest BCUT2D eigenvalue weighted by molar-refractivity contribution is -0.258. The summed E-state index contributed by atoms with van der Waals surface area (Å²) >= 11 is 0. The maximum Gasteiger partial charge on any atom is 0.421 e. The second kappa shape index (κ2) is 9.76. The van der Waals surface area contributed by atoms with E-state index in [1.54, 1.807) is 0 Å². The summed E-state index contributed by atoms with van der Waals surface area (Å²) in [5, 5.41) is 21.7. The summed E-state index contributed by atoms with van der Waals surface area (Å²) in [6, 6.07) is 14.9. The molecule has 36 heavy (non-hydrogen) atoms. The van der Waals surface area contributed by atoms with E-state index in [1.165, 1.54) is 12.1 Å². The van der Waals surface area contributed by atoms with Crippen LogP contribution >= 0.6 is 0 Å². The van der Waals surface area contributed by atoms with Gasteiger partial charge in [0.2, 0.25) is 0 Å². The van der Waals surface area contributed by atoms with Crippen LogP contribution in [0.4, 0.5) is 18.0 Å². The zero-order chi connectivity index (χ0) is 26.1. The minimum absolute atomic E-state index is 0.0374. The molecule has 2 aromatic carbocycles. The van der Waals surface area contributed by atoms with Crippen LogP contribution in [0.5, 0.6) is 0 Å². The number of hydrogen-bond acceptors (Lipinski definition) is 3. The number of halogens is 3. The molecule has 3 N–H and O–H groups in total. The van der Waals surface area contributed by atoms with Crippen LogP contribution in [0, 0.1) is 0 Å². The van der Waals surface area contributed by atoms with Gasteiger partial charge in [0.05, 0.1) is 0 Å². The van der Waals surface area contributed by atoms with Crippen molar-refractivity contribution in [2.45, 2.75) is 74.7 Å². The molecule has 0 radical (unpaired) electrons. The van der Waals surface area contributed by atoms with Crippen LogP contribution in [0.2, 0.25) is 0 Å². The summed E-state index contributed by atoms with van der Waals surface area (Å²) in [6.45, 7) is 0.984. The molecule has 1 atom stereocenters. The summed E-state index contributed by atoms with van der Waals surface area (Å²) in [4.78, 5) is 26.6. The molecule has 194 valence electrons. The van der Waals surface area contributed by atoms with Crippen molar-refractivity contribution in [3.8, 4) is 0 Å². The highest BCUT2D eigenvalue weighted by molar-refractivity contribution is 5.95. The van der Waals surface area contributed by atoms with Gasteiger partial charge < -0.3 is 20.4 Å². The molecule has 0 aliphatic heterocycles. The molecule has 9 heteroatoms. The van der Waals surface area contributed by atoms with Crippen molar-refractivity contribution in [2.75, 3.05) is 6.54 Å². The number of alkyl halides is 3. The highest BCUT2D eigenvalue weighted by atomic mass is 19.4. The molecule has 2 aliphatic rings. The number of aliphatic hydroxyl groups is 1. The molecule has 0 aromatic heterocycles. The first-order valence-corrected chi connectivity index (χ1v) is 12.2. The zero-order valence-electron chi connectivity index (χ0n) is 20.1. The topological polar surface area (TPSA) is 89.9 Å². The smallest absolute Gasteiger partial charge is 0.421 e. The quantitative estimate of drug-likeness (QED) is 0.483. The standard InChI is InChI=1S/C27H31F3N2O4/c1-25(36,27(28,29)30)19-9-7-18(8-10-19)23(33)32(21-11-12-21)22-13-15-26(16-14-22,17-31-24(34)35)20-5-3-2-4-6-20/h2-10,21-22,31,36H,11-17H2,1H3,(H,34,35)/t22-,25-,26+/m0/s1. The summed E-state index contributed by atoms with van der Waals surface area (Å²) in [5.41, 5.74) is -2.33. The highest BCUT2D eigenvalue weighted by Gasteiger charge is 2.51. The Morgan fingerprint density at radius 3 is 2.03 bits per heavy atom. The first kappa shape index (κ1) is 26.0. The molecule has 2 fully saturated rings. The number of carbonyl (C=O) groups is 2. The van der Waals surface area contributed by atoms with E-state index < -0.39 is 17.9 Å². The number of carbonyl (C=O) groups excluding carboxylic acids is 1. The van der Waals surface area contributed by atoms with E-state index in [0.717, 1.165) is 30.5 Å². The second-order valence-electron chi connectivity index (χ2n) is 10.1. The number of benzene rings is 2. The number of nitrogens with one attached hydrogen (secondary N) is 1. The fourth-order valence-corrected chi connectivity index (χ4v) is 5.27. The Kier molecular flexibility index (Phi) is 7.05. The summed E-state index contributed by atoms with van der Waals surface area (Å²) < 4.78 is 39.6. The Balaban J connectivity index is 1.51. The van der Waals surface area contributed by atoms with E-state index in [-0.39, 0.29) is 41.1 Å². The Bertz CT molecular complexity index is 1070. The number of rotatable bonds is 7. The van der Waals surface area contributed by atoms with E-state index in [4.69, 9.17) is 0 Å². The van der Waals surface area contributed by atoms with Gasteiger partial charge in [0, 0.05) is 29.6 Å². The summed E-state index contributed by atoms with van der Waals surface area (Å²) in [5.74, 6) is -0.225. The van der Waals surface area contributed by atoms with Gasteiger partial charge in [-0.05, 0) is 68.7 Å². The van der Waals surface area contributed by atoms with Gasteiger partial charge in [-0.15, -0.1) is 0 Å². The third-order valence-electron chi connectivity index (χ3n) is 7.69. The maximum atomic E-state index is 13.5. The fraction of sp³-hybridized carbons (Fsp3) is 0.481. The number of hydrogen-bond donors (Lipinski definition) is 3. The summed E-state index contributed by atoms with van der Waals surface area (Å²) in [7, 11) is 0. The molecule has 0 saturated heterocycles. The van der Waals surface area contributed by atoms with Crippen molar-refractivity contribution >= 4 is 12.0 Å². The van der Waals surface area contributed by atoms with Crippen LogP contribution in [-0.4, -0.2) is 51.9 Å². The van der Waals surface area contributed by atoms with E-state index in [1.807, 2.05) is 35.2 Å². The Hall–Kier alpha value is -3.07. The first-order chi connectivity index (χ1) is 16.9. The van der Waals surface area contributed by atoms with Gasteiger partial charge in [-0.1, -0.05) is 42.5 Å². The third kappa shape index (κ3) is 5.21. The van der Waals surface area contributed by atoms with Gasteiger partial charge in [-0.3, -0.25) is 4.79 Å². The molecular formula is C27H31F3N2O4. The lowest BCUT2D eigenvalue weighted by Gasteiger charge is -2.44. The molecule has 2 aromatic rings. The SMILES string of the molecule is C[C@](O)(c1ccc(C(=O)N(C2CC2)[C@H]2CC[C@@](CNC(=O)O)(c3ccccc3)CC2)cc1)C(F)(F)F. The Morgan fingerprint density at radius 2 is 1.53 bits per heavy atom. The minimum Gasteiger partial charge on any atom is -0.465 e. The van der Waals surface area contributed by atoms with Gasteiger partial charge in [-0.25, -0.2) is 4.79 Å². The van der Waals surface area contributed by atoms with Gasteiger partial charge in [0.1, 0.15) is 0 Å². The largest absolute Gasteiger partial charge is 0.465 e. The van der Waals surface area contributed by atoms with Crippen molar-refractivity contribution < 1.29 is 33.0 Å². The zero-order valence-corrected chi connectivity index (χ0v) is 20.1. The highest BCUT2D eigenvalue weighted by Crippen LogP contribution is 2.43. The predicted molar refractivity (Wildman–Crippen MR) is 128 cm³/mol. The molecule has 0 heterocycles. The van der Waals surface area contributed by atoms with Crippen LogP contribution in [0.1, 0.15) is 66.9 Å². The van der Waals surface area contributed by atoms with Crippen molar-refractivity contribution in [3.05, 3.63) is 71.3 Å². The molecule has 0 bridgehead atoms. The number of nitrogens with zero attached hydrogens (tertiary/aromatic N) is 1. The fourth-order valence-electron chi connectivity index (χ4n) is 5.27. The van der Waals surface area contributed by atoms with E-state index in [0.29, 0.717) is 32.6 Å². The van der Waals surface area contributed by atoms with Gasteiger partial charge in [0.25, 0.3) is 5.91 Å². The minimum atomic E-state index is -4.83. The van der Waals surface area contributed by atoms with Crippen molar-refractivity contribution in [2.24, 2.45) is 0 Å². The van der Waals surface area contributed by atoms with Crippen LogP contribution in [0.25, 0.3) is 0 Å². The molecule has 2 saturated carbocycles. The van der Waals surface area contributed by atoms with Crippen LogP contribution < -0.4 is 5.32 Å². The lowest BCUT2D eigenvalue weighted by Crippen LogP contribution is -2.49. The molecule has 6 nitrogen and oxygen atoms in total. The van der Waals surface area contributed by atoms with E-state index in [9.17, 15) is 33.0 Å². The maximum absolute atomic E-state index is 13.5. The summed E-state index contributed by atoms with van der Waals surface area (Å²) in [6.07, 6.45) is -1.35. The molecule has 0 spiro atoms. The van der Waals surface area contributed by atoms with Crippen molar-refractivity contribution in [1.29, 1.82) is 0 Å². The normalized spacial score (nSPS) is 24.0. The first-order valence-electron chi connectivity index (χ1n) is 12.2. The van der Waals surface area contributed by atoms with Gasteiger partial charge >= 0.3 is 12.3 Å². The van der Waals surface area contributed by atoms with Crippen molar-refractivity contribution in [1.82, 2.24) is 10.2 Å².